The van der Waals surface area contributed by atoms with E-state index in [9.17, 15) is 21.6 Å². The van der Waals surface area contributed by atoms with Crippen LogP contribution >= 0.6 is 0 Å². The van der Waals surface area contributed by atoms with Gasteiger partial charge in [0.1, 0.15) is 0 Å². The molecule has 1 fully saturated rings. The van der Waals surface area contributed by atoms with E-state index in [0.717, 1.165) is 0 Å². The molecule has 0 bridgehead atoms. The van der Waals surface area contributed by atoms with Crippen LogP contribution in [0.4, 0.5) is 13.2 Å². The molecule has 18 heavy (non-hydrogen) atoms. The van der Waals surface area contributed by atoms with Gasteiger partial charge in [0.05, 0.1) is 12.7 Å². The van der Waals surface area contributed by atoms with Crippen LogP contribution in [0.1, 0.15) is 32.6 Å². The molecule has 0 spiro atoms. The summed E-state index contributed by atoms with van der Waals surface area (Å²) < 4.78 is 67.3. The summed E-state index contributed by atoms with van der Waals surface area (Å²) in [7, 11) is -3.92. The Labute approximate surface area is 105 Å². The second-order valence-electron chi connectivity index (χ2n) is 4.94. The van der Waals surface area contributed by atoms with Crippen LogP contribution in [0, 0.1) is 5.41 Å². The van der Waals surface area contributed by atoms with Gasteiger partial charge in [0.15, 0.2) is 0 Å². The lowest BCUT2D eigenvalue weighted by Crippen LogP contribution is -2.36. The third-order valence-corrected chi connectivity index (χ3v) is 4.27. The molecule has 0 aromatic rings. The average Bonchev–Trinajstić information content (AvgIpc) is 2.20. The smallest absolute Gasteiger partial charge is 0.384 e. The first-order valence-electron chi connectivity index (χ1n) is 5.58. The van der Waals surface area contributed by atoms with Gasteiger partial charge in [-0.25, -0.2) is 0 Å². The highest BCUT2D eigenvalue weighted by atomic mass is 32.2. The third-order valence-electron chi connectivity index (χ3n) is 3.18. The van der Waals surface area contributed by atoms with Crippen LogP contribution in [0.5, 0.6) is 0 Å². The molecule has 8 heteroatoms. The molecule has 0 unspecified atom stereocenters. The fourth-order valence-corrected chi connectivity index (χ4v) is 2.77. The summed E-state index contributed by atoms with van der Waals surface area (Å²) in [6.45, 7) is 2.47. The second kappa shape index (κ2) is 5.34. The number of halogens is 3. The van der Waals surface area contributed by atoms with E-state index in [2.05, 4.69) is 4.18 Å². The lowest BCUT2D eigenvalue weighted by atomic mass is 9.75. The number of alkyl halides is 3. The molecule has 108 valence electrons. The highest BCUT2D eigenvalue weighted by Crippen LogP contribution is 2.38. The predicted molar refractivity (Wildman–Crippen MR) is 58.3 cm³/mol. The van der Waals surface area contributed by atoms with Crippen LogP contribution in [0.2, 0.25) is 0 Å². The Hall–Kier alpha value is -0.340. The van der Waals surface area contributed by atoms with Crippen molar-refractivity contribution in [3.63, 3.8) is 0 Å². The van der Waals surface area contributed by atoms with Gasteiger partial charge < -0.3 is 4.74 Å². The Morgan fingerprint density at radius 1 is 1.28 bits per heavy atom. The third kappa shape index (κ3) is 3.83. The quantitative estimate of drug-likeness (QED) is 0.589. The van der Waals surface area contributed by atoms with Gasteiger partial charge in [-0.15, -0.1) is 0 Å². The molecule has 0 aliphatic heterocycles. The van der Waals surface area contributed by atoms with Crippen molar-refractivity contribution < 1.29 is 30.5 Å². The van der Waals surface area contributed by atoms with Crippen molar-refractivity contribution in [1.29, 1.82) is 0 Å². The van der Waals surface area contributed by atoms with Crippen molar-refractivity contribution in [3.8, 4) is 0 Å². The largest absolute Gasteiger partial charge is 0.523 e. The predicted octanol–water partition coefficient (Wildman–Crippen LogP) is 2.45. The minimum atomic E-state index is -5.48. The van der Waals surface area contributed by atoms with Gasteiger partial charge in [0.25, 0.3) is 0 Å². The minimum absolute atomic E-state index is 0.114. The van der Waals surface area contributed by atoms with E-state index >= 15 is 0 Å². The SMILES string of the molecule is COCC1(C)CCC(OS(=O)(=O)C(F)(F)F)CC1. The molecule has 4 nitrogen and oxygen atoms in total. The van der Waals surface area contributed by atoms with Crippen molar-refractivity contribution in [2.75, 3.05) is 13.7 Å². The van der Waals surface area contributed by atoms with Crippen LogP contribution in [-0.2, 0) is 19.0 Å². The normalized spacial score (nSPS) is 30.4. The molecule has 1 saturated carbocycles. The van der Waals surface area contributed by atoms with E-state index in [-0.39, 0.29) is 18.3 Å². The molecule has 0 radical (unpaired) electrons. The van der Waals surface area contributed by atoms with E-state index < -0.39 is 21.7 Å². The fraction of sp³-hybridized carbons (Fsp3) is 1.00. The maximum absolute atomic E-state index is 12.1. The van der Waals surface area contributed by atoms with Crippen LogP contribution in [0.3, 0.4) is 0 Å². The molecule has 0 N–H and O–H groups in total. The first kappa shape index (κ1) is 15.7. The number of rotatable bonds is 4. The monoisotopic (exact) mass is 290 g/mol. The van der Waals surface area contributed by atoms with Crippen LogP contribution in [-0.4, -0.2) is 33.7 Å². The summed E-state index contributed by atoms with van der Waals surface area (Å²) in [4.78, 5) is 0. The lowest BCUT2D eigenvalue weighted by Gasteiger charge is -2.36. The molecule has 0 aromatic carbocycles. The molecule has 0 aromatic heterocycles. The first-order valence-corrected chi connectivity index (χ1v) is 6.99. The van der Waals surface area contributed by atoms with Gasteiger partial charge in [0, 0.05) is 7.11 Å². The Balaban J connectivity index is 2.55. The maximum Gasteiger partial charge on any atom is 0.523 e. The zero-order valence-electron chi connectivity index (χ0n) is 10.3. The summed E-state index contributed by atoms with van der Waals surface area (Å²) >= 11 is 0. The van der Waals surface area contributed by atoms with E-state index in [1.807, 2.05) is 6.92 Å². The molecule has 0 saturated heterocycles. The molecule has 0 amide bonds. The lowest BCUT2D eigenvalue weighted by molar-refractivity contribution is -0.0609. The summed E-state index contributed by atoms with van der Waals surface area (Å²) in [5, 5.41) is 0. The molecule has 1 aliphatic carbocycles. The summed E-state index contributed by atoms with van der Waals surface area (Å²) in [5.41, 5.74) is -5.46. The van der Waals surface area contributed by atoms with Gasteiger partial charge >= 0.3 is 15.6 Å². The highest BCUT2D eigenvalue weighted by Gasteiger charge is 2.49. The molecule has 0 atom stereocenters. The maximum atomic E-state index is 12.1. The molecular weight excluding hydrogens is 273 g/mol. The van der Waals surface area contributed by atoms with Gasteiger partial charge in [-0.05, 0) is 31.1 Å². The van der Waals surface area contributed by atoms with Crippen molar-refractivity contribution in [2.45, 2.75) is 44.2 Å². The first-order chi connectivity index (χ1) is 8.10. The summed E-state index contributed by atoms with van der Waals surface area (Å²) in [6.07, 6.45) is 0.851. The Kier molecular flexibility index (Phi) is 4.66. The van der Waals surface area contributed by atoms with E-state index in [4.69, 9.17) is 4.74 Å². The number of hydrogen-bond donors (Lipinski definition) is 0. The van der Waals surface area contributed by atoms with Gasteiger partial charge in [-0.1, -0.05) is 6.92 Å². The van der Waals surface area contributed by atoms with Crippen LogP contribution in [0.15, 0.2) is 0 Å². The molecule has 1 rings (SSSR count). The summed E-state index contributed by atoms with van der Waals surface area (Å²) in [5.74, 6) is 0. The highest BCUT2D eigenvalue weighted by molar-refractivity contribution is 7.87. The minimum Gasteiger partial charge on any atom is -0.384 e. The van der Waals surface area contributed by atoms with Crippen LogP contribution < -0.4 is 0 Å². The average molecular weight is 290 g/mol. The van der Waals surface area contributed by atoms with E-state index in [0.29, 0.717) is 19.4 Å². The second-order valence-corrected chi connectivity index (χ2v) is 6.50. The molecular formula is C10H17F3O4S. The van der Waals surface area contributed by atoms with Crippen molar-refractivity contribution in [1.82, 2.24) is 0 Å². The van der Waals surface area contributed by atoms with Crippen molar-refractivity contribution in [3.05, 3.63) is 0 Å². The van der Waals surface area contributed by atoms with Crippen molar-refractivity contribution >= 4 is 10.1 Å². The van der Waals surface area contributed by atoms with Gasteiger partial charge in [-0.2, -0.15) is 21.6 Å². The topological polar surface area (TPSA) is 52.6 Å². The van der Waals surface area contributed by atoms with Gasteiger partial charge in [0.2, 0.25) is 0 Å². The fourth-order valence-electron chi connectivity index (χ4n) is 2.11. The zero-order valence-corrected chi connectivity index (χ0v) is 11.1. The van der Waals surface area contributed by atoms with Crippen LogP contribution in [0.25, 0.3) is 0 Å². The Morgan fingerprint density at radius 2 is 1.78 bits per heavy atom. The number of hydrogen-bond acceptors (Lipinski definition) is 4. The Morgan fingerprint density at radius 3 is 2.17 bits per heavy atom. The van der Waals surface area contributed by atoms with Crippen molar-refractivity contribution in [2.24, 2.45) is 5.41 Å². The van der Waals surface area contributed by atoms with E-state index in [1.165, 1.54) is 0 Å². The standard InChI is InChI=1S/C10H17F3O4S/c1-9(7-16-2)5-3-8(4-6-9)17-18(14,15)10(11,12)13/h8H,3-7H2,1-2H3. The molecule has 0 heterocycles. The van der Waals surface area contributed by atoms with E-state index in [1.54, 1.807) is 7.11 Å². The zero-order chi connectivity index (χ0) is 14.0. The Bertz CT molecular complexity index is 369. The van der Waals surface area contributed by atoms with Gasteiger partial charge in [-0.3, -0.25) is 4.18 Å². The number of ether oxygens (including phenoxy) is 1. The number of methoxy groups -OCH3 is 1. The molecule has 1 aliphatic rings. The summed E-state index contributed by atoms with van der Waals surface area (Å²) in [6, 6.07) is 0.